The minimum atomic E-state index is 0.139. The lowest BCUT2D eigenvalue weighted by Gasteiger charge is -2.31. The number of piperidine rings is 1. The highest BCUT2D eigenvalue weighted by Gasteiger charge is 2.20. The van der Waals surface area contributed by atoms with Crippen molar-refractivity contribution in [1.29, 1.82) is 0 Å². The van der Waals surface area contributed by atoms with Crippen LogP contribution < -0.4 is 5.32 Å². The van der Waals surface area contributed by atoms with Gasteiger partial charge in [-0.1, -0.05) is 6.07 Å². The van der Waals surface area contributed by atoms with Crippen molar-refractivity contribution in [3.63, 3.8) is 0 Å². The van der Waals surface area contributed by atoms with Gasteiger partial charge in [0.25, 0.3) is 0 Å². The highest BCUT2D eigenvalue weighted by Crippen LogP contribution is 2.18. The number of hydrogen-bond donors (Lipinski definition) is 1. The molecule has 0 aliphatic carbocycles. The summed E-state index contributed by atoms with van der Waals surface area (Å²) >= 11 is 1.64. The van der Waals surface area contributed by atoms with Crippen molar-refractivity contribution in [1.82, 2.24) is 10.2 Å². The van der Waals surface area contributed by atoms with Crippen LogP contribution in [0.15, 0.2) is 40.3 Å². The van der Waals surface area contributed by atoms with Gasteiger partial charge >= 0.3 is 0 Å². The van der Waals surface area contributed by atoms with E-state index in [2.05, 4.69) is 10.2 Å². The number of carbonyl (C=O) groups is 1. The van der Waals surface area contributed by atoms with E-state index in [0.29, 0.717) is 12.3 Å². The molecule has 1 aliphatic rings. The summed E-state index contributed by atoms with van der Waals surface area (Å²) in [6.45, 7) is 3.85. The van der Waals surface area contributed by atoms with Crippen molar-refractivity contribution in [2.45, 2.75) is 25.8 Å². The Labute approximate surface area is 135 Å². The van der Waals surface area contributed by atoms with Gasteiger partial charge in [0, 0.05) is 11.4 Å². The molecule has 1 saturated heterocycles. The summed E-state index contributed by atoms with van der Waals surface area (Å²) < 4.78 is 5.39. The second-order valence-electron chi connectivity index (χ2n) is 5.86. The van der Waals surface area contributed by atoms with Crippen LogP contribution in [0.3, 0.4) is 0 Å². The van der Waals surface area contributed by atoms with Crippen LogP contribution in [0.1, 0.15) is 23.5 Å². The molecule has 1 fully saturated rings. The normalized spacial score (nSPS) is 16.7. The van der Waals surface area contributed by atoms with Crippen molar-refractivity contribution in [2.24, 2.45) is 5.92 Å². The van der Waals surface area contributed by atoms with Crippen LogP contribution in [-0.4, -0.2) is 30.4 Å². The minimum absolute atomic E-state index is 0.139. The molecule has 2 aromatic rings. The van der Waals surface area contributed by atoms with Gasteiger partial charge in [0.2, 0.25) is 5.91 Å². The van der Waals surface area contributed by atoms with Crippen molar-refractivity contribution < 1.29 is 9.21 Å². The zero-order valence-corrected chi connectivity index (χ0v) is 13.5. The van der Waals surface area contributed by atoms with E-state index in [4.69, 9.17) is 4.42 Å². The predicted molar refractivity (Wildman–Crippen MR) is 87.7 cm³/mol. The zero-order valence-electron chi connectivity index (χ0n) is 12.7. The van der Waals surface area contributed by atoms with Crippen LogP contribution in [-0.2, 0) is 17.8 Å². The van der Waals surface area contributed by atoms with Gasteiger partial charge in [-0.25, -0.2) is 0 Å². The number of amides is 1. The van der Waals surface area contributed by atoms with Crippen LogP contribution in [0.4, 0.5) is 0 Å². The second-order valence-corrected chi connectivity index (χ2v) is 6.89. The summed E-state index contributed by atoms with van der Waals surface area (Å²) in [5.74, 6) is 1.77. The van der Waals surface area contributed by atoms with Crippen molar-refractivity contribution in [3.8, 4) is 0 Å². The van der Waals surface area contributed by atoms with E-state index in [1.165, 1.54) is 0 Å². The van der Waals surface area contributed by atoms with E-state index < -0.39 is 0 Å². The average molecular weight is 318 g/mol. The van der Waals surface area contributed by atoms with Crippen LogP contribution in [0, 0.1) is 5.92 Å². The third kappa shape index (κ3) is 4.45. The Morgan fingerprint density at radius 3 is 2.86 bits per heavy atom. The number of thiophene rings is 1. The number of carbonyl (C=O) groups excluding carboxylic acids is 1. The van der Waals surface area contributed by atoms with Crippen LogP contribution in [0.5, 0.6) is 0 Å². The molecule has 2 aromatic heterocycles. The fourth-order valence-corrected chi connectivity index (χ4v) is 3.57. The topological polar surface area (TPSA) is 45.5 Å². The third-order valence-corrected chi connectivity index (χ3v) is 5.05. The summed E-state index contributed by atoms with van der Waals surface area (Å²) in [7, 11) is 0. The fourth-order valence-electron chi connectivity index (χ4n) is 2.86. The molecular formula is C17H22N2O2S. The van der Waals surface area contributed by atoms with Gasteiger partial charge in [-0.15, -0.1) is 11.3 Å². The molecule has 0 aromatic carbocycles. The number of nitrogens with one attached hydrogen (secondary N) is 1. The Bertz CT molecular complexity index is 558. The van der Waals surface area contributed by atoms with Gasteiger partial charge in [0.1, 0.15) is 5.76 Å². The van der Waals surface area contributed by atoms with Crippen LogP contribution >= 0.6 is 11.3 Å². The Hall–Kier alpha value is -1.59. The SMILES string of the molecule is O=C(Cc1cccs1)NCC1CCN(Cc2ccco2)CC1. The molecule has 1 amide bonds. The van der Waals surface area contributed by atoms with Crippen molar-refractivity contribution >= 4 is 17.2 Å². The molecule has 22 heavy (non-hydrogen) atoms. The molecule has 0 spiro atoms. The molecule has 3 rings (SSSR count). The number of nitrogens with zero attached hydrogens (tertiary/aromatic N) is 1. The Kier molecular flexibility index (Phi) is 5.29. The molecule has 5 heteroatoms. The zero-order chi connectivity index (χ0) is 15.2. The highest BCUT2D eigenvalue weighted by molar-refractivity contribution is 7.10. The first-order chi connectivity index (χ1) is 10.8. The van der Waals surface area contributed by atoms with Crippen LogP contribution in [0.2, 0.25) is 0 Å². The van der Waals surface area contributed by atoms with Gasteiger partial charge in [-0.05, 0) is 55.4 Å². The predicted octanol–water partition coefficient (Wildman–Crippen LogP) is 2.91. The molecule has 0 unspecified atom stereocenters. The van der Waals surface area contributed by atoms with Gasteiger partial charge < -0.3 is 9.73 Å². The molecular weight excluding hydrogens is 296 g/mol. The largest absolute Gasteiger partial charge is 0.468 e. The Balaban J connectivity index is 1.34. The first-order valence-electron chi connectivity index (χ1n) is 7.83. The number of likely N-dealkylation sites (tertiary alicyclic amines) is 1. The lowest BCUT2D eigenvalue weighted by Crippen LogP contribution is -2.38. The Morgan fingerprint density at radius 1 is 1.32 bits per heavy atom. The monoisotopic (exact) mass is 318 g/mol. The minimum Gasteiger partial charge on any atom is -0.468 e. The standard InChI is InChI=1S/C17H22N2O2S/c20-17(11-16-4-2-10-22-16)18-12-14-5-7-19(8-6-14)13-15-3-1-9-21-15/h1-4,9-10,14H,5-8,11-13H2,(H,18,20). The summed E-state index contributed by atoms with van der Waals surface area (Å²) in [6.07, 6.45) is 4.51. The van der Waals surface area contributed by atoms with Crippen LogP contribution in [0.25, 0.3) is 0 Å². The summed E-state index contributed by atoms with van der Waals surface area (Å²) in [4.78, 5) is 15.5. The fraction of sp³-hybridized carbons (Fsp3) is 0.471. The lowest BCUT2D eigenvalue weighted by atomic mass is 9.96. The molecule has 0 bridgehead atoms. The molecule has 118 valence electrons. The maximum absolute atomic E-state index is 11.9. The van der Waals surface area contributed by atoms with Gasteiger partial charge in [-0.2, -0.15) is 0 Å². The molecule has 4 nitrogen and oxygen atoms in total. The van der Waals surface area contributed by atoms with E-state index in [1.54, 1.807) is 17.6 Å². The van der Waals surface area contributed by atoms with Gasteiger partial charge in [0.15, 0.2) is 0 Å². The van der Waals surface area contributed by atoms with E-state index >= 15 is 0 Å². The lowest BCUT2D eigenvalue weighted by molar-refractivity contribution is -0.120. The van der Waals surface area contributed by atoms with E-state index in [9.17, 15) is 4.79 Å². The molecule has 3 heterocycles. The number of furan rings is 1. The molecule has 0 saturated carbocycles. The first-order valence-corrected chi connectivity index (χ1v) is 8.71. The number of hydrogen-bond acceptors (Lipinski definition) is 4. The maximum Gasteiger partial charge on any atom is 0.225 e. The molecule has 1 N–H and O–H groups in total. The van der Waals surface area contributed by atoms with Crippen molar-refractivity contribution in [2.75, 3.05) is 19.6 Å². The Morgan fingerprint density at radius 2 is 2.18 bits per heavy atom. The second kappa shape index (κ2) is 7.61. The average Bonchev–Trinajstić information content (AvgIpc) is 3.20. The molecule has 0 radical (unpaired) electrons. The summed E-state index contributed by atoms with van der Waals surface area (Å²) in [5.41, 5.74) is 0. The van der Waals surface area contributed by atoms with Gasteiger partial charge in [0.05, 0.1) is 19.2 Å². The third-order valence-electron chi connectivity index (χ3n) is 4.17. The van der Waals surface area contributed by atoms with E-state index in [1.807, 2.05) is 29.6 Å². The molecule has 0 atom stereocenters. The number of rotatable bonds is 6. The quantitative estimate of drug-likeness (QED) is 0.891. The smallest absolute Gasteiger partial charge is 0.225 e. The first kappa shape index (κ1) is 15.3. The van der Waals surface area contributed by atoms with Gasteiger partial charge in [-0.3, -0.25) is 9.69 Å². The summed E-state index contributed by atoms with van der Waals surface area (Å²) in [5, 5.41) is 5.09. The van der Waals surface area contributed by atoms with Crippen molar-refractivity contribution in [3.05, 3.63) is 46.5 Å². The van der Waals surface area contributed by atoms with E-state index in [-0.39, 0.29) is 5.91 Å². The summed E-state index contributed by atoms with van der Waals surface area (Å²) in [6, 6.07) is 7.96. The van der Waals surface area contributed by atoms with E-state index in [0.717, 1.165) is 49.7 Å². The highest BCUT2D eigenvalue weighted by atomic mass is 32.1. The maximum atomic E-state index is 11.9. The molecule has 1 aliphatic heterocycles.